The number of likely N-dealkylation sites (N-methyl/N-ethyl adjacent to an activating group) is 2. The van der Waals surface area contributed by atoms with Crippen LogP contribution in [0.1, 0.15) is 63.4 Å². The Balaban J connectivity index is 1.84. The van der Waals surface area contributed by atoms with E-state index in [2.05, 4.69) is 16.7 Å². The van der Waals surface area contributed by atoms with E-state index in [4.69, 9.17) is 0 Å². The zero-order valence-corrected chi connectivity index (χ0v) is 25.0. The Kier molecular flexibility index (Phi) is 10.2. The van der Waals surface area contributed by atoms with Crippen LogP contribution in [0.4, 0.5) is 18.9 Å². The van der Waals surface area contributed by atoms with Crippen LogP contribution in [0.25, 0.3) is 0 Å². The SMILES string of the molecule is CCN(C(=O)[C@H](C)NC(=O)c1c(F)cc(F)cc1F)[C@@H](CC(C)C)C(=O)N(C)[C@H](C#N)C[C@@]1(C)C(=O)Nc2ccccc21. The molecule has 0 radical (unpaired) electrons. The highest BCUT2D eigenvalue weighted by Gasteiger charge is 2.46. The fourth-order valence-electron chi connectivity index (χ4n) is 5.38. The zero-order chi connectivity index (χ0) is 32.2. The van der Waals surface area contributed by atoms with Crippen molar-refractivity contribution in [3.05, 3.63) is 65.0 Å². The van der Waals surface area contributed by atoms with Gasteiger partial charge in [0.05, 0.1) is 11.5 Å². The molecule has 1 aliphatic heterocycles. The molecule has 4 atom stereocenters. The second kappa shape index (κ2) is 13.3. The first-order valence-corrected chi connectivity index (χ1v) is 14.0. The summed E-state index contributed by atoms with van der Waals surface area (Å²) in [6, 6.07) is 6.58. The number of carbonyl (C=O) groups excluding carboxylic acids is 4. The maximum atomic E-state index is 14.2. The van der Waals surface area contributed by atoms with Crippen molar-refractivity contribution in [3.8, 4) is 6.07 Å². The molecular weight excluding hydrogens is 563 g/mol. The Bertz CT molecular complexity index is 1440. The first kappa shape index (κ1) is 33.1. The van der Waals surface area contributed by atoms with Crippen molar-refractivity contribution in [1.82, 2.24) is 15.1 Å². The summed E-state index contributed by atoms with van der Waals surface area (Å²) in [5.74, 6) is -6.91. The minimum Gasteiger partial charge on any atom is -0.340 e. The Morgan fingerprint density at radius 2 is 1.67 bits per heavy atom. The van der Waals surface area contributed by atoms with Crippen LogP contribution in [-0.4, -0.2) is 65.1 Å². The Morgan fingerprint density at radius 1 is 1.07 bits per heavy atom. The molecule has 0 bridgehead atoms. The van der Waals surface area contributed by atoms with Gasteiger partial charge in [-0.3, -0.25) is 19.2 Å². The number of nitrogens with zero attached hydrogens (tertiary/aromatic N) is 3. The number of rotatable bonds is 11. The molecule has 0 unspecified atom stereocenters. The molecule has 1 heterocycles. The number of benzene rings is 2. The van der Waals surface area contributed by atoms with E-state index in [1.54, 1.807) is 38.1 Å². The molecule has 9 nitrogen and oxygen atoms in total. The number of amides is 4. The fourth-order valence-corrected chi connectivity index (χ4v) is 5.38. The lowest BCUT2D eigenvalue weighted by Gasteiger charge is -2.37. The summed E-state index contributed by atoms with van der Waals surface area (Å²) < 4.78 is 41.6. The van der Waals surface area contributed by atoms with Crippen LogP contribution in [-0.2, 0) is 19.8 Å². The number of fused-ring (bicyclic) bond motifs is 1. The second-order valence-electron chi connectivity index (χ2n) is 11.3. The van der Waals surface area contributed by atoms with E-state index in [0.29, 0.717) is 23.4 Å². The third kappa shape index (κ3) is 6.82. The molecule has 230 valence electrons. The van der Waals surface area contributed by atoms with E-state index in [9.17, 15) is 37.6 Å². The van der Waals surface area contributed by atoms with E-state index < -0.39 is 64.3 Å². The number of anilines is 1. The van der Waals surface area contributed by atoms with E-state index in [1.165, 1.54) is 23.8 Å². The molecule has 0 aliphatic carbocycles. The molecule has 0 spiro atoms. The monoisotopic (exact) mass is 599 g/mol. The summed E-state index contributed by atoms with van der Waals surface area (Å²) in [4.78, 5) is 55.5. The van der Waals surface area contributed by atoms with Gasteiger partial charge in [-0.05, 0) is 51.2 Å². The third-order valence-corrected chi connectivity index (χ3v) is 7.77. The fraction of sp³-hybridized carbons (Fsp3) is 0.452. The number of hydrogen-bond acceptors (Lipinski definition) is 5. The van der Waals surface area contributed by atoms with Crippen LogP contribution in [0.15, 0.2) is 36.4 Å². The van der Waals surface area contributed by atoms with Gasteiger partial charge >= 0.3 is 0 Å². The molecule has 0 saturated heterocycles. The highest BCUT2D eigenvalue weighted by molar-refractivity contribution is 6.06. The van der Waals surface area contributed by atoms with Gasteiger partial charge in [0.1, 0.15) is 41.1 Å². The molecule has 2 N–H and O–H groups in total. The Hall–Kier alpha value is -4.40. The average Bonchev–Trinajstić information content (AvgIpc) is 3.19. The minimum atomic E-state index is -1.42. The lowest BCUT2D eigenvalue weighted by atomic mass is 9.78. The first-order chi connectivity index (χ1) is 20.2. The molecule has 0 fully saturated rings. The van der Waals surface area contributed by atoms with Crippen LogP contribution in [0, 0.1) is 34.7 Å². The average molecular weight is 600 g/mol. The van der Waals surface area contributed by atoms with E-state index >= 15 is 0 Å². The van der Waals surface area contributed by atoms with Crippen molar-refractivity contribution in [1.29, 1.82) is 5.26 Å². The van der Waals surface area contributed by atoms with Gasteiger partial charge in [0, 0.05) is 31.4 Å². The number of para-hydroxylation sites is 1. The number of nitriles is 1. The van der Waals surface area contributed by atoms with Crippen molar-refractivity contribution in [2.24, 2.45) is 5.92 Å². The lowest BCUT2D eigenvalue weighted by molar-refractivity contribution is -0.147. The van der Waals surface area contributed by atoms with Gasteiger partial charge in [-0.1, -0.05) is 32.0 Å². The summed E-state index contributed by atoms with van der Waals surface area (Å²) >= 11 is 0. The molecule has 1 aliphatic rings. The van der Waals surface area contributed by atoms with Crippen molar-refractivity contribution < 1.29 is 32.3 Å². The molecule has 4 amide bonds. The van der Waals surface area contributed by atoms with Crippen molar-refractivity contribution in [2.75, 3.05) is 18.9 Å². The van der Waals surface area contributed by atoms with Gasteiger partial charge in [-0.15, -0.1) is 0 Å². The van der Waals surface area contributed by atoms with Gasteiger partial charge in [-0.2, -0.15) is 5.26 Å². The highest BCUT2D eigenvalue weighted by Crippen LogP contribution is 2.41. The van der Waals surface area contributed by atoms with Gasteiger partial charge in [0.15, 0.2) is 0 Å². The normalized spacial score (nSPS) is 17.7. The van der Waals surface area contributed by atoms with E-state index in [1.807, 2.05) is 13.8 Å². The van der Waals surface area contributed by atoms with Crippen molar-refractivity contribution >= 4 is 29.3 Å². The molecule has 2 aromatic carbocycles. The number of nitrogens with one attached hydrogen (secondary N) is 2. The number of carbonyl (C=O) groups is 4. The van der Waals surface area contributed by atoms with Gasteiger partial charge in [0.2, 0.25) is 17.7 Å². The maximum Gasteiger partial charge on any atom is 0.257 e. The zero-order valence-electron chi connectivity index (χ0n) is 25.0. The Labute approximate surface area is 249 Å². The van der Waals surface area contributed by atoms with Gasteiger partial charge in [-0.25, -0.2) is 13.2 Å². The Morgan fingerprint density at radius 3 is 2.23 bits per heavy atom. The summed E-state index contributed by atoms with van der Waals surface area (Å²) in [7, 11) is 1.44. The molecule has 0 aromatic heterocycles. The lowest BCUT2D eigenvalue weighted by Crippen LogP contribution is -2.57. The van der Waals surface area contributed by atoms with E-state index in [-0.39, 0.29) is 31.2 Å². The molecule has 2 aromatic rings. The molecule has 3 rings (SSSR count). The van der Waals surface area contributed by atoms with E-state index in [0.717, 1.165) is 0 Å². The van der Waals surface area contributed by atoms with Crippen LogP contribution in [0.5, 0.6) is 0 Å². The minimum absolute atomic E-state index is 0.00428. The summed E-state index contributed by atoms with van der Waals surface area (Å²) in [6.07, 6.45) is 0.216. The number of hydrogen-bond donors (Lipinski definition) is 2. The third-order valence-electron chi connectivity index (χ3n) is 7.77. The largest absolute Gasteiger partial charge is 0.340 e. The van der Waals surface area contributed by atoms with Gasteiger partial charge < -0.3 is 20.4 Å². The maximum absolute atomic E-state index is 14.2. The standard InChI is InChI=1S/C31H36F3N5O4/c1-7-39(28(41)18(4)36-27(40)26-22(33)13-19(32)14-23(26)34)25(12-17(2)3)29(42)38(6)20(16-35)15-31(5)21-10-8-9-11-24(21)37-30(31)43/h8-11,13-14,17-18,20,25H,7,12,15H2,1-6H3,(H,36,40)(H,37,43)/t18-,20-,25-,31+/m0/s1. The topological polar surface area (TPSA) is 123 Å². The molecular formula is C31H36F3N5O4. The van der Waals surface area contributed by atoms with Crippen molar-refractivity contribution in [3.63, 3.8) is 0 Å². The number of halogens is 3. The highest BCUT2D eigenvalue weighted by atomic mass is 19.1. The quantitative estimate of drug-likeness (QED) is 0.402. The van der Waals surface area contributed by atoms with Crippen LogP contribution in [0.3, 0.4) is 0 Å². The summed E-state index contributed by atoms with van der Waals surface area (Å²) in [6.45, 7) is 8.40. The second-order valence-corrected chi connectivity index (χ2v) is 11.3. The predicted octanol–water partition coefficient (Wildman–Crippen LogP) is 4.14. The van der Waals surface area contributed by atoms with Crippen LogP contribution in [0.2, 0.25) is 0 Å². The predicted molar refractivity (Wildman–Crippen MR) is 153 cm³/mol. The molecule has 0 saturated carbocycles. The van der Waals surface area contributed by atoms with Crippen LogP contribution >= 0.6 is 0 Å². The van der Waals surface area contributed by atoms with Crippen LogP contribution < -0.4 is 10.6 Å². The summed E-state index contributed by atoms with van der Waals surface area (Å²) in [5, 5.41) is 15.1. The summed E-state index contributed by atoms with van der Waals surface area (Å²) in [5.41, 5.74) is -0.772. The molecule has 12 heteroatoms. The van der Waals surface area contributed by atoms with Crippen molar-refractivity contribution in [2.45, 2.75) is 71.0 Å². The molecule has 43 heavy (non-hydrogen) atoms. The van der Waals surface area contributed by atoms with Gasteiger partial charge in [0.25, 0.3) is 5.91 Å². The smallest absolute Gasteiger partial charge is 0.257 e. The first-order valence-electron chi connectivity index (χ1n) is 14.0.